The minimum Gasteiger partial charge on any atom is -0.389 e. The lowest BCUT2D eigenvalue weighted by Crippen LogP contribution is -2.39. The normalized spacial score (nSPS) is 11.3. The number of carbonyl (C=O) groups is 1. The second kappa shape index (κ2) is 5.82. The number of hydrogen-bond donors (Lipinski definition) is 1. The molecule has 17 heavy (non-hydrogen) atoms. The fourth-order valence-electron chi connectivity index (χ4n) is 1.76. The molecule has 0 saturated heterocycles. The molecule has 0 bridgehead atoms. The van der Waals surface area contributed by atoms with E-state index in [0.29, 0.717) is 13.0 Å². The van der Waals surface area contributed by atoms with Crippen LogP contribution in [0.4, 0.5) is 0 Å². The van der Waals surface area contributed by atoms with E-state index in [1.165, 1.54) is 0 Å². The fraction of sp³-hybridized carbons (Fsp3) is 0.500. The smallest absolute Gasteiger partial charge is 0.222 e. The van der Waals surface area contributed by atoms with E-state index in [-0.39, 0.29) is 5.91 Å². The van der Waals surface area contributed by atoms with Crippen LogP contribution in [0, 0.1) is 0 Å². The average Bonchev–Trinajstić information content (AvgIpc) is 2.25. The number of aliphatic hydroxyl groups is 1. The maximum absolute atomic E-state index is 11.8. The van der Waals surface area contributed by atoms with E-state index < -0.39 is 5.60 Å². The maximum Gasteiger partial charge on any atom is 0.222 e. The molecule has 0 atom stereocenters. The number of carbonyl (C=O) groups excluding carboxylic acids is 1. The summed E-state index contributed by atoms with van der Waals surface area (Å²) in [5.74, 6) is 0.0657. The number of amides is 1. The molecule has 0 saturated carbocycles. The summed E-state index contributed by atoms with van der Waals surface area (Å²) in [5.41, 5.74) is 0.328. The van der Waals surface area contributed by atoms with E-state index in [4.69, 9.17) is 0 Å². The third-order valence-electron chi connectivity index (χ3n) is 2.52. The van der Waals surface area contributed by atoms with Gasteiger partial charge in [-0.25, -0.2) is 0 Å². The highest BCUT2D eigenvalue weighted by atomic mass is 16.3. The summed E-state index contributed by atoms with van der Waals surface area (Å²) < 4.78 is 0. The van der Waals surface area contributed by atoms with Crippen LogP contribution < -0.4 is 0 Å². The van der Waals surface area contributed by atoms with E-state index in [0.717, 1.165) is 12.0 Å². The van der Waals surface area contributed by atoms with Gasteiger partial charge in [-0.05, 0) is 25.8 Å². The van der Waals surface area contributed by atoms with E-state index in [1.807, 2.05) is 30.3 Å². The number of nitrogens with zero attached hydrogens (tertiary/aromatic N) is 1. The van der Waals surface area contributed by atoms with E-state index in [1.54, 1.807) is 25.8 Å². The summed E-state index contributed by atoms with van der Waals surface area (Å²) in [4.78, 5) is 13.4. The molecule has 1 rings (SSSR count). The largest absolute Gasteiger partial charge is 0.389 e. The van der Waals surface area contributed by atoms with Crippen LogP contribution in [0.25, 0.3) is 0 Å². The Bertz CT molecular complexity index is 354. The highest BCUT2D eigenvalue weighted by Crippen LogP contribution is 2.07. The molecule has 0 aliphatic rings. The van der Waals surface area contributed by atoms with Crippen LogP contribution in [-0.2, 0) is 11.2 Å². The second-order valence-electron chi connectivity index (χ2n) is 5.05. The van der Waals surface area contributed by atoms with Crippen LogP contribution in [0.2, 0.25) is 0 Å². The summed E-state index contributed by atoms with van der Waals surface area (Å²) in [6.07, 6.45) is 1.23. The van der Waals surface area contributed by atoms with E-state index in [9.17, 15) is 9.90 Å². The van der Waals surface area contributed by atoms with Crippen molar-refractivity contribution < 1.29 is 9.90 Å². The van der Waals surface area contributed by atoms with Gasteiger partial charge in [0.15, 0.2) is 0 Å². The van der Waals surface area contributed by atoms with Gasteiger partial charge in [-0.1, -0.05) is 30.3 Å². The standard InChI is InChI=1S/C14H21NO2/c1-14(2,17)11-15(3)13(16)10-9-12-7-5-4-6-8-12/h4-8,17H,9-11H2,1-3H3. The summed E-state index contributed by atoms with van der Waals surface area (Å²) in [7, 11) is 1.73. The minimum atomic E-state index is -0.836. The van der Waals surface area contributed by atoms with Crippen LogP contribution in [0.5, 0.6) is 0 Å². The predicted molar refractivity (Wildman–Crippen MR) is 68.7 cm³/mol. The Balaban J connectivity index is 2.40. The number of benzene rings is 1. The Morgan fingerprint density at radius 1 is 1.29 bits per heavy atom. The van der Waals surface area contributed by atoms with Gasteiger partial charge >= 0.3 is 0 Å². The molecule has 0 aromatic heterocycles. The van der Waals surface area contributed by atoms with Crippen molar-refractivity contribution in [2.24, 2.45) is 0 Å². The van der Waals surface area contributed by atoms with Gasteiger partial charge in [0.05, 0.1) is 5.60 Å². The molecule has 1 aromatic carbocycles. The van der Waals surface area contributed by atoms with Crippen molar-refractivity contribution in [2.75, 3.05) is 13.6 Å². The van der Waals surface area contributed by atoms with Gasteiger partial charge in [0.1, 0.15) is 0 Å². The summed E-state index contributed by atoms with van der Waals surface area (Å²) >= 11 is 0. The van der Waals surface area contributed by atoms with Gasteiger partial charge in [-0.3, -0.25) is 4.79 Å². The average molecular weight is 235 g/mol. The molecule has 3 nitrogen and oxygen atoms in total. The Morgan fingerprint density at radius 2 is 1.88 bits per heavy atom. The zero-order chi connectivity index (χ0) is 12.9. The lowest BCUT2D eigenvalue weighted by Gasteiger charge is -2.25. The zero-order valence-corrected chi connectivity index (χ0v) is 10.8. The summed E-state index contributed by atoms with van der Waals surface area (Å²) in [6, 6.07) is 9.94. The minimum absolute atomic E-state index is 0.0657. The quantitative estimate of drug-likeness (QED) is 0.846. The zero-order valence-electron chi connectivity index (χ0n) is 10.8. The first kappa shape index (κ1) is 13.7. The van der Waals surface area contributed by atoms with Gasteiger partial charge < -0.3 is 10.0 Å². The van der Waals surface area contributed by atoms with Crippen LogP contribution in [0.15, 0.2) is 30.3 Å². The van der Waals surface area contributed by atoms with Crippen molar-refractivity contribution in [1.82, 2.24) is 4.90 Å². The molecule has 0 spiro atoms. The first-order chi connectivity index (χ1) is 7.88. The molecule has 1 N–H and O–H groups in total. The van der Waals surface area contributed by atoms with Gasteiger partial charge in [-0.15, -0.1) is 0 Å². The predicted octanol–water partition coefficient (Wildman–Crippen LogP) is 1.85. The molecular weight excluding hydrogens is 214 g/mol. The number of rotatable bonds is 5. The molecule has 0 radical (unpaired) electrons. The van der Waals surface area contributed by atoms with Crippen molar-refractivity contribution in [1.29, 1.82) is 0 Å². The molecule has 94 valence electrons. The Morgan fingerprint density at radius 3 is 2.41 bits per heavy atom. The Hall–Kier alpha value is -1.35. The van der Waals surface area contributed by atoms with Crippen molar-refractivity contribution in [3.05, 3.63) is 35.9 Å². The van der Waals surface area contributed by atoms with Crippen molar-refractivity contribution in [3.63, 3.8) is 0 Å². The molecule has 1 aromatic rings. The maximum atomic E-state index is 11.8. The molecule has 0 unspecified atom stereocenters. The third-order valence-corrected chi connectivity index (χ3v) is 2.52. The molecule has 0 fully saturated rings. The SMILES string of the molecule is CN(CC(C)(C)O)C(=O)CCc1ccccc1. The van der Waals surface area contributed by atoms with Crippen LogP contribution >= 0.6 is 0 Å². The summed E-state index contributed by atoms with van der Waals surface area (Å²) in [5, 5.41) is 9.63. The monoisotopic (exact) mass is 235 g/mol. The highest BCUT2D eigenvalue weighted by molar-refractivity contribution is 5.76. The first-order valence-corrected chi connectivity index (χ1v) is 5.89. The third kappa shape index (κ3) is 5.50. The molecule has 1 amide bonds. The molecular formula is C14H21NO2. The van der Waals surface area contributed by atoms with Gasteiger partial charge in [0, 0.05) is 20.0 Å². The van der Waals surface area contributed by atoms with Crippen LogP contribution in [0.1, 0.15) is 25.8 Å². The van der Waals surface area contributed by atoms with E-state index in [2.05, 4.69) is 0 Å². The molecule has 0 aliphatic heterocycles. The second-order valence-corrected chi connectivity index (χ2v) is 5.05. The lowest BCUT2D eigenvalue weighted by molar-refractivity contribution is -0.132. The molecule has 0 aliphatic carbocycles. The number of aryl methyl sites for hydroxylation is 1. The van der Waals surface area contributed by atoms with Crippen LogP contribution in [-0.4, -0.2) is 35.1 Å². The lowest BCUT2D eigenvalue weighted by atomic mass is 10.1. The molecule has 0 heterocycles. The highest BCUT2D eigenvalue weighted by Gasteiger charge is 2.18. The van der Waals surface area contributed by atoms with Gasteiger partial charge in [0.25, 0.3) is 0 Å². The Kier molecular flexibility index (Phi) is 4.70. The van der Waals surface area contributed by atoms with Gasteiger partial charge in [0.2, 0.25) is 5.91 Å². The summed E-state index contributed by atoms with van der Waals surface area (Å²) in [6.45, 7) is 3.77. The topological polar surface area (TPSA) is 40.5 Å². The van der Waals surface area contributed by atoms with Crippen molar-refractivity contribution in [3.8, 4) is 0 Å². The first-order valence-electron chi connectivity index (χ1n) is 5.89. The van der Waals surface area contributed by atoms with Gasteiger partial charge in [-0.2, -0.15) is 0 Å². The van der Waals surface area contributed by atoms with Crippen molar-refractivity contribution in [2.45, 2.75) is 32.3 Å². The molecule has 3 heteroatoms. The van der Waals surface area contributed by atoms with Crippen LogP contribution in [0.3, 0.4) is 0 Å². The van der Waals surface area contributed by atoms with E-state index >= 15 is 0 Å². The number of likely N-dealkylation sites (N-methyl/N-ethyl adjacent to an activating group) is 1. The fourth-order valence-corrected chi connectivity index (χ4v) is 1.76. The number of hydrogen-bond acceptors (Lipinski definition) is 2. The Labute approximate surface area is 103 Å². The van der Waals surface area contributed by atoms with Crippen molar-refractivity contribution >= 4 is 5.91 Å².